The quantitative estimate of drug-likeness (QED) is 0.339. The number of amides is 2. The first-order chi connectivity index (χ1) is 18.8. The summed E-state index contributed by atoms with van der Waals surface area (Å²) in [5, 5.41) is 7.75. The van der Waals surface area contributed by atoms with E-state index in [-0.39, 0.29) is 18.0 Å². The highest BCUT2D eigenvalue weighted by Gasteiger charge is 2.38. The Bertz CT molecular complexity index is 1630. The number of hydrogen-bond donors (Lipinski definition) is 2. The van der Waals surface area contributed by atoms with Crippen molar-refractivity contribution in [2.75, 3.05) is 31.1 Å². The third-order valence-corrected chi connectivity index (χ3v) is 6.42. The highest BCUT2D eigenvalue weighted by Crippen LogP contribution is 2.43. The fraction of sp³-hybridized carbons (Fsp3) is 0.185. The van der Waals surface area contributed by atoms with Gasteiger partial charge in [0.25, 0.3) is 0 Å². The molecule has 1 aliphatic rings. The highest BCUT2D eigenvalue weighted by atomic mass is 19.1. The Hall–Kier alpha value is -5.00. The second-order valence-electron chi connectivity index (χ2n) is 8.79. The van der Waals surface area contributed by atoms with E-state index in [1.165, 1.54) is 19.1 Å². The van der Waals surface area contributed by atoms with Crippen LogP contribution >= 0.6 is 0 Å². The molecule has 3 heterocycles. The average molecular weight is 534 g/mol. The van der Waals surface area contributed by atoms with Gasteiger partial charge in [-0.1, -0.05) is 0 Å². The Balaban J connectivity index is 1.75. The Morgan fingerprint density at radius 3 is 2.49 bits per heavy atom. The number of nitrogens with one attached hydrogen (secondary N) is 1. The van der Waals surface area contributed by atoms with Crippen molar-refractivity contribution in [1.82, 2.24) is 15.2 Å². The van der Waals surface area contributed by atoms with Crippen molar-refractivity contribution in [3.8, 4) is 11.5 Å². The van der Waals surface area contributed by atoms with E-state index in [9.17, 15) is 4.79 Å². The van der Waals surface area contributed by atoms with E-state index in [0.29, 0.717) is 39.4 Å². The lowest BCUT2D eigenvalue weighted by molar-refractivity contribution is 0.251. The minimum atomic E-state index is -1.04. The minimum absolute atomic E-state index is 0.170. The number of halogens is 2. The van der Waals surface area contributed by atoms with Crippen LogP contribution in [0.4, 0.5) is 30.6 Å². The summed E-state index contributed by atoms with van der Waals surface area (Å²) in [6.07, 6.45) is 4.78. The molecule has 0 aliphatic carbocycles. The molecule has 10 nitrogen and oxygen atoms in total. The molecule has 4 aromatic rings. The first-order valence-corrected chi connectivity index (χ1v) is 11.8. The molecule has 2 aromatic carbocycles. The highest BCUT2D eigenvalue weighted by molar-refractivity contribution is 6.13. The number of methoxy groups -OCH3 is 2. The zero-order chi connectivity index (χ0) is 27.8. The largest absolute Gasteiger partial charge is 0.493 e. The molecule has 5 rings (SSSR count). The molecule has 0 saturated heterocycles. The molecule has 39 heavy (non-hydrogen) atoms. The SMILES string of the molecule is CN=CC(=C(C)N)c1cc2c(cn1)CN(c1c(F)c(OC)cc(OC)c1F)C(=O)N2c1ccc2cn[nH]c2c1. The summed E-state index contributed by atoms with van der Waals surface area (Å²) in [6, 6.07) is 7.33. The number of nitrogens with two attached hydrogens (primary N) is 1. The predicted octanol–water partition coefficient (Wildman–Crippen LogP) is 4.92. The number of hydrogen-bond acceptors (Lipinski definition) is 7. The molecule has 0 unspecified atom stereocenters. The molecular formula is C27H25F2N7O3. The molecule has 12 heteroatoms. The summed E-state index contributed by atoms with van der Waals surface area (Å²) in [4.78, 5) is 25.1. The number of allylic oxidation sites excluding steroid dienone is 2. The molecule has 200 valence electrons. The van der Waals surface area contributed by atoms with Gasteiger partial charge in [-0.2, -0.15) is 5.10 Å². The lowest BCUT2D eigenvalue weighted by Gasteiger charge is -2.37. The first-order valence-electron chi connectivity index (χ1n) is 11.8. The smallest absolute Gasteiger partial charge is 0.334 e. The third-order valence-electron chi connectivity index (χ3n) is 6.42. The fourth-order valence-electron chi connectivity index (χ4n) is 4.51. The number of aliphatic imine (C=N–C) groups is 1. The number of ether oxygens (including phenoxy) is 2. The first kappa shape index (κ1) is 25.6. The Morgan fingerprint density at radius 1 is 1.13 bits per heavy atom. The van der Waals surface area contributed by atoms with Crippen LogP contribution in [0.3, 0.4) is 0 Å². The number of benzene rings is 2. The number of aromatic nitrogens is 3. The van der Waals surface area contributed by atoms with Gasteiger partial charge in [0.15, 0.2) is 23.1 Å². The molecule has 0 atom stereocenters. The van der Waals surface area contributed by atoms with E-state index in [1.54, 1.807) is 56.8 Å². The van der Waals surface area contributed by atoms with Crippen LogP contribution in [-0.4, -0.2) is 48.7 Å². The van der Waals surface area contributed by atoms with Gasteiger partial charge in [-0.25, -0.2) is 13.6 Å². The number of H-pyrrole nitrogens is 1. The van der Waals surface area contributed by atoms with Gasteiger partial charge in [-0.15, -0.1) is 0 Å². The Morgan fingerprint density at radius 2 is 1.85 bits per heavy atom. The third kappa shape index (κ3) is 4.29. The molecule has 2 amide bonds. The molecule has 0 bridgehead atoms. The molecule has 1 aliphatic heterocycles. The van der Waals surface area contributed by atoms with Crippen molar-refractivity contribution in [3.63, 3.8) is 0 Å². The van der Waals surface area contributed by atoms with Gasteiger partial charge < -0.3 is 15.2 Å². The summed E-state index contributed by atoms with van der Waals surface area (Å²) >= 11 is 0. The van der Waals surface area contributed by atoms with Crippen molar-refractivity contribution in [1.29, 1.82) is 0 Å². The van der Waals surface area contributed by atoms with Gasteiger partial charge in [0, 0.05) is 47.7 Å². The van der Waals surface area contributed by atoms with Gasteiger partial charge in [-0.05, 0) is 31.2 Å². The number of carbonyl (C=O) groups excluding carboxylic acids is 1. The van der Waals surface area contributed by atoms with Crippen LogP contribution in [0.15, 0.2) is 53.4 Å². The molecule has 0 spiro atoms. The van der Waals surface area contributed by atoms with Crippen LogP contribution in [-0.2, 0) is 6.54 Å². The lowest BCUT2D eigenvalue weighted by Crippen LogP contribution is -2.46. The standard InChI is InChI=1S/C27H25F2N7O3/c1-14(30)18(12-31-2)20-8-21-16(10-32-20)13-35(26-24(28)22(38-3)9-23(39-4)25(26)29)27(37)36(21)17-6-5-15-11-33-34-19(15)7-17/h5-12H,13,30H2,1-4H3,(H,33,34). The summed E-state index contributed by atoms with van der Waals surface area (Å²) < 4.78 is 41.2. The van der Waals surface area contributed by atoms with Crippen molar-refractivity contribution >= 4 is 45.8 Å². The van der Waals surface area contributed by atoms with Gasteiger partial charge >= 0.3 is 6.03 Å². The normalized spacial score (nSPS) is 14.2. The van der Waals surface area contributed by atoms with Gasteiger partial charge in [0.1, 0.15) is 5.69 Å². The number of anilines is 3. The van der Waals surface area contributed by atoms with E-state index in [4.69, 9.17) is 15.2 Å². The molecule has 0 radical (unpaired) electrons. The number of fused-ring (bicyclic) bond motifs is 2. The molecule has 0 fully saturated rings. The maximum atomic E-state index is 15.5. The Labute approximate surface area is 222 Å². The van der Waals surface area contributed by atoms with Gasteiger partial charge in [-0.3, -0.25) is 24.9 Å². The molecule has 3 N–H and O–H groups in total. The van der Waals surface area contributed by atoms with Crippen molar-refractivity contribution in [2.24, 2.45) is 10.7 Å². The molecule has 2 aromatic heterocycles. The van der Waals surface area contributed by atoms with Gasteiger partial charge in [0.2, 0.25) is 0 Å². The predicted molar refractivity (Wildman–Crippen MR) is 145 cm³/mol. The second kappa shape index (κ2) is 10.0. The maximum absolute atomic E-state index is 15.5. The van der Waals surface area contributed by atoms with Crippen LogP contribution < -0.4 is 25.0 Å². The number of nitrogens with zero attached hydrogens (tertiary/aromatic N) is 5. The number of pyridine rings is 1. The van der Waals surface area contributed by atoms with Gasteiger partial charge in [0.05, 0.1) is 49.5 Å². The van der Waals surface area contributed by atoms with E-state index < -0.39 is 23.4 Å². The van der Waals surface area contributed by atoms with Crippen LogP contribution in [0.25, 0.3) is 16.5 Å². The summed E-state index contributed by atoms with van der Waals surface area (Å²) in [5.41, 5.74) is 9.13. The maximum Gasteiger partial charge on any atom is 0.334 e. The van der Waals surface area contributed by atoms with E-state index in [2.05, 4.69) is 20.2 Å². The average Bonchev–Trinajstić information content (AvgIpc) is 3.40. The van der Waals surface area contributed by atoms with Crippen LogP contribution in [0.5, 0.6) is 11.5 Å². The minimum Gasteiger partial charge on any atom is -0.493 e. The number of aromatic amines is 1. The zero-order valence-electron chi connectivity index (χ0n) is 21.6. The molecular weight excluding hydrogens is 508 g/mol. The summed E-state index contributed by atoms with van der Waals surface area (Å²) in [5.74, 6) is -2.62. The van der Waals surface area contributed by atoms with E-state index >= 15 is 8.78 Å². The van der Waals surface area contributed by atoms with E-state index in [0.717, 1.165) is 16.4 Å². The van der Waals surface area contributed by atoms with Crippen LogP contribution in [0, 0.1) is 11.6 Å². The monoisotopic (exact) mass is 533 g/mol. The fourth-order valence-corrected chi connectivity index (χ4v) is 4.51. The van der Waals surface area contributed by atoms with Crippen molar-refractivity contribution < 1.29 is 23.0 Å². The lowest BCUT2D eigenvalue weighted by atomic mass is 10.0. The topological polar surface area (TPSA) is 122 Å². The Kier molecular flexibility index (Phi) is 6.60. The van der Waals surface area contributed by atoms with Crippen LogP contribution in [0.2, 0.25) is 0 Å². The van der Waals surface area contributed by atoms with E-state index in [1.807, 2.05) is 0 Å². The number of urea groups is 1. The summed E-state index contributed by atoms with van der Waals surface area (Å²) in [6.45, 7) is 1.55. The molecule has 0 saturated carbocycles. The zero-order valence-corrected chi connectivity index (χ0v) is 21.6. The summed E-state index contributed by atoms with van der Waals surface area (Å²) in [7, 11) is 4.10. The van der Waals surface area contributed by atoms with Crippen LogP contribution in [0.1, 0.15) is 18.2 Å². The number of rotatable bonds is 6. The second-order valence-corrected chi connectivity index (χ2v) is 8.79. The van der Waals surface area contributed by atoms with Crippen molar-refractivity contribution in [2.45, 2.75) is 13.5 Å². The van der Waals surface area contributed by atoms with Crippen molar-refractivity contribution in [3.05, 3.63) is 71.3 Å². The number of carbonyl (C=O) groups is 1.